The van der Waals surface area contributed by atoms with Crippen LogP contribution in [0.4, 0.5) is 5.69 Å². The van der Waals surface area contributed by atoms with E-state index < -0.39 is 16.9 Å². The molecule has 0 saturated carbocycles. The average Bonchev–Trinajstić information content (AvgIpc) is 2.87. The summed E-state index contributed by atoms with van der Waals surface area (Å²) in [7, 11) is 5.40. The van der Waals surface area contributed by atoms with Crippen molar-refractivity contribution in [2.45, 2.75) is 29.6 Å². The van der Waals surface area contributed by atoms with Crippen molar-refractivity contribution < 1.29 is 44.3 Å². The van der Waals surface area contributed by atoms with Crippen LogP contribution in [0.5, 0.6) is 0 Å². The van der Waals surface area contributed by atoms with Crippen LogP contribution < -0.4 is 10.8 Å². The number of nitro benzene ring substituents is 1. The number of nitrogens with two attached hydrogens (primary N) is 2. The van der Waals surface area contributed by atoms with E-state index in [2.05, 4.69) is 0 Å². The average molecular weight is 538 g/mol. The Morgan fingerprint density at radius 1 is 0.861 bits per heavy atom. The molecule has 36 heavy (non-hydrogen) atoms. The number of nitro groups is 1. The van der Waals surface area contributed by atoms with E-state index in [-0.39, 0.29) is 49.1 Å². The first-order valence-corrected chi connectivity index (χ1v) is 12.7. The molecule has 2 aromatic carbocycles. The van der Waals surface area contributed by atoms with Crippen molar-refractivity contribution >= 4 is 51.0 Å². The van der Waals surface area contributed by atoms with Gasteiger partial charge in [-0.1, -0.05) is 27.7 Å². The summed E-state index contributed by atoms with van der Waals surface area (Å²) in [4.78, 5) is 37.0. The first-order chi connectivity index (χ1) is 17.2. The maximum Gasteiger partial charge on any atom is 0.345 e. The Labute approximate surface area is 215 Å². The highest BCUT2D eigenvalue weighted by molar-refractivity contribution is 8.76. The zero-order valence-electron chi connectivity index (χ0n) is 20.0. The summed E-state index contributed by atoms with van der Waals surface area (Å²) < 4.78 is 20.0. The number of methoxy groups -OCH3 is 2. The fraction of sp³-hybridized carbons (Fsp3) is 0.304. The van der Waals surface area contributed by atoms with Gasteiger partial charge in [-0.2, -0.15) is 0 Å². The van der Waals surface area contributed by atoms with Gasteiger partial charge in [0, 0.05) is 15.9 Å². The van der Waals surface area contributed by atoms with Crippen LogP contribution in [0.15, 0.2) is 46.2 Å². The third-order valence-electron chi connectivity index (χ3n) is 4.74. The molecule has 0 aromatic heterocycles. The zero-order valence-corrected chi connectivity index (χ0v) is 21.6. The van der Waals surface area contributed by atoms with Crippen LogP contribution in [0.25, 0.3) is 0 Å². The molecule has 0 amide bonds. The van der Waals surface area contributed by atoms with Gasteiger partial charge in [0.05, 0.1) is 24.7 Å². The van der Waals surface area contributed by atoms with E-state index in [1.165, 1.54) is 54.0 Å². The Hall–Kier alpha value is -3.58. The second-order valence-electron chi connectivity index (χ2n) is 7.19. The second kappa shape index (κ2) is 14.1. The number of carbonyl (C=O) groups is 2. The Kier molecular flexibility index (Phi) is 11.2. The zero-order chi connectivity index (χ0) is 26.7. The molecular formula is C23H27N3O8S2+2. The molecule has 11 nitrogen and oxygen atoms in total. The molecule has 2 rings (SSSR count). The van der Waals surface area contributed by atoms with Gasteiger partial charge in [0.2, 0.25) is 0 Å². The smallest absolute Gasteiger partial charge is 0.345 e. The number of hydrogen-bond donors (Lipinski definition) is 2. The third-order valence-corrected chi connectivity index (χ3v) is 7.12. The number of hydrogen-bond acceptors (Lipinski definition) is 10. The molecular weight excluding hydrogens is 510 g/mol. The van der Waals surface area contributed by atoms with Crippen molar-refractivity contribution in [1.82, 2.24) is 0 Å². The number of nitrogens with zero attached hydrogens (tertiary/aromatic N) is 1. The SMILES string of the molecule is COC(=[NH2+])CCOC(=O)c1cc(SSc2ccc([N+](=O)[O-])c(C(=O)OCCC(=[NH2+])OC)c2)ccc1C. The van der Waals surface area contributed by atoms with Crippen molar-refractivity contribution in [1.29, 1.82) is 0 Å². The molecule has 13 heteroatoms. The first kappa shape index (κ1) is 28.7. The Morgan fingerprint density at radius 3 is 1.83 bits per heavy atom. The van der Waals surface area contributed by atoms with Gasteiger partial charge in [-0.05, 0) is 36.8 Å². The molecule has 0 saturated heterocycles. The van der Waals surface area contributed by atoms with E-state index in [4.69, 9.17) is 29.8 Å². The van der Waals surface area contributed by atoms with Crippen molar-refractivity contribution in [2.75, 3.05) is 27.4 Å². The molecule has 0 atom stereocenters. The lowest BCUT2D eigenvalue weighted by Crippen LogP contribution is -2.41. The third kappa shape index (κ3) is 8.57. The summed E-state index contributed by atoms with van der Waals surface area (Å²) >= 11 is 0. The molecule has 0 aliphatic rings. The summed E-state index contributed by atoms with van der Waals surface area (Å²) in [6.45, 7) is 1.79. The number of rotatable bonds is 12. The molecule has 0 fully saturated rings. The molecule has 0 spiro atoms. The van der Waals surface area contributed by atoms with E-state index in [0.29, 0.717) is 10.5 Å². The maximum absolute atomic E-state index is 12.5. The Bertz CT molecular complexity index is 1160. The normalized spacial score (nSPS) is 10.3. The number of ether oxygens (including phenoxy) is 4. The van der Waals surface area contributed by atoms with E-state index in [1.54, 1.807) is 19.1 Å². The van der Waals surface area contributed by atoms with Crippen LogP contribution in [0, 0.1) is 17.0 Å². The minimum absolute atomic E-state index is 0.0832. The monoisotopic (exact) mass is 537 g/mol. The number of benzene rings is 2. The van der Waals surface area contributed by atoms with E-state index in [9.17, 15) is 19.7 Å². The Morgan fingerprint density at radius 2 is 1.33 bits per heavy atom. The van der Waals surface area contributed by atoms with E-state index in [1.807, 2.05) is 6.07 Å². The number of aryl methyl sites for hydroxylation is 1. The summed E-state index contributed by atoms with van der Waals surface area (Å²) in [6.07, 6.45) is 0.449. The molecule has 0 heterocycles. The fourth-order valence-electron chi connectivity index (χ4n) is 2.71. The van der Waals surface area contributed by atoms with Gasteiger partial charge in [-0.25, -0.2) is 20.4 Å². The van der Waals surface area contributed by atoms with Crippen molar-refractivity contribution in [3.8, 4) is 0 Å². The van der Waals surface area contributed by atoms with Gasteiger partial charge in [0.25, 0.3) is 5.69 Å². The summed E-state index contributed by atoms with van der Waals surface area (Å²) in [5.74, 6) is -0.888. The number of esters is 2. The van der Waals surface area contributed by atoms with Gasteiger partial charge >= 0.3 is 23.7 Å². The predicted octanol–water partition coefficient (Wildman–Crippen LogP) is 1.40. The minimum Gasteiger partial charge on any atom is -0.461 e. The molecule has 0 unspecified atom stereocenters. The molecule has 4 N–H and O–H groups in total. The summed E-state index contributed by atoms with van der Waals surface area (Å²) in [5.41, 5.74) is 0.591. The maximum atomic E-state index is 12.5. The van der Waals surface area contributed by atoms with Crippen molar-refractivity contribution in [3.63, 3.8) is 0 Å². The predicted molar refractivity (Wildman–Crippen MR) is 134 cm³/mol. The van der Waals surface area contributed by atoms with Gasteiger partial charge in [-0.3, -0.25) is 10.1 Å². The van der Waals surface area contributed by atoms with Crippen molar-refractivity contribution in [3.05, 3.63) is 63.2 Å². The number of carbonyl (C=O) groups excluding carboxylic acids is 2. The van der Waals surface area contributed by atoms with Crippen LogP contribution in [-0.4, -0.2) is 56.1 Å². The van der Waals surface area contributed by atoms with Gasteiger partial charge < -0.3 is 18.9 Å². The van der Waals surface area contributed by atoms with Crippen LogP contribution >= 0.6 is 21.6 Å². The topological polar surface area (TPSA) is 165 Å². The second-order valence-corrected chi connectivity index (χ2v) is 9.47. The van der Waals surface area contributed by atoms with Crippen molar-refractivity contribution in [2.24, 2.45) is 0 Å². The van der Waals surface area contributed by atoms with Crippen LogP contribution in [0.1, 0.15) is 39.1 Å². The Balaban J connectivity index is 2.10. The molecule has 2 aromatic rings. The fourth-order valence-corrected chi connectivity index (χ4v) is 4.68. The van der Waals surface area contributed by atoms with Crippen LogP contribution in [0.2, 0.25) is 0 Å². The largest absolute Gasteiger partial charge is 0.461 e. The summed E-state index contributed by atoms with van der Waals surface area (Å²) in [5, 5.41) is 22.5. The highest BCUT2D eigenvalue weighted by atomic mass is 33.1. The van der Waals surface area contributed by atoms with Gasteiger partial charge in [0.1, 0.15) is 31.6 Å². The lowest BCUT2D eigenvalue weighted by atomic mass is 10.1. The van der Waals surface area contributed by atoms with Gasteiger partial charge in [0.15, 0.2) is 0 Å². The van der Waals surface area contributed by atoms with E-state index in [0.717, 1.165) is 10.5 Å². The molecule has 192 valence electrons. The highest BCUT2D eigenvalue weighted by Gasteiger charge is 2.23. The lowest BCUT2D eigenvalue weighted by molar-refractivity contribution is -0.385. The van der Waals surface area contributed by atoms with E-state index >= 15 is 0 Å². The quantitative estimate of drug-likeness (QED) is 0.101. The minimum atomic E-state index is -0.843. The molecule has 0 bridgehead atoms. The van der Waals surface area contributed by atoms with Gasteiger partial charge in [-0.15, -0.1) is 0 Å². The van der Waals surface area contributed by atoms with Crippen LogP contribution in [0.3, 0.4) is 0 Å². The molecule has 0 aliphatic heterocycles. The highest BCUT2D eigenvalue weighted by Crippen LogP contribution is 2.39. The first-order valence-electron chi connectivity index (χ1n) is 10.5. The standard InChI is InChI=1S/C23H25N3O8S2/c1-14-4-5-15(12-17(14)22(27)33-10-8-20(24)31-2)35-36-16-6-7-19(26(29)30)18(13-16)23(28)34-11-9-21(25)32-3/h4-7,12-13,24-25H,8-11H2,1-3H3/p+2. The molecule has 0 aliphatic carbocycles. The molecule has 0 radical (unpaired) electrons. The van der Waals surface area contributed by atoms with Crippen LogP contribution in [-0.2, 0) is 18.9 Å². The lowest BCUT2D eigenvalue weighted by Gasteiger charge is -2.09. The summed E-state index contributed by atoms with van der Waals surface area (Å²) in [6, 6.07) is 9.48.